The summed E-state index contributed by atoms with van der Waals surface area (Å²) in [6.07, 6.45) is 0. The van der Waals surface area contributed by atoms with Gasteiger partial charge in [-0.05, 0) is 12.1 Å². The molecule has 2 rings (SSSR count). The lowest BCUT2D eigenvalue weighted by Crippen LogP contribution is -2.02. The van der Waals surface area contributed by atoms with E-state index < -0.39 is 0 Å². The van der Waals surface area contributed by atoms with E-state index in [1.54, 1.807) is 11.8 Å². The van der Waals surface area contributed by atoms with Gasteiger partial charge in [-0.25, -0.2) is 9.97 Å². The monoisotopic (exact) mass is 245 g/mol. The topological polar surface area (TPSA) is 51.8 Å². The van der Waals surface area contributed by atoms with E-state index in [1.807, 2.05) is 24.3 Å². The molecule has 0 aliphatic rings. The first-order valence-corrected chi connectivity index (χ1v) is 6.34. The van der Waals surface area contributed by atoms with Crippen LogP contribution in [0.5, 0.6) is 0 Å². The maximum atomic E-state index is 5.79. The number of hydrogen-bond acceptors (Lipinski definition) is 4. The zero-order chi connectivity index (χ0) is 12.3. The molecule has 0 amide bonds. The second-order valence-corrected chi connectivity index (χ2v) is 5.15. The first-order chi connectivity index (χ1) is 8.15. The molecule has 1 aromatic carbocycles. The predicted molar refractivity (Wildman–Crippen MR) is 71.1 cm³/mol. The maximum absolute atomic E-state index is 5.79. The van der Waals surface area contributed by atoms with E-state index in [1.165, 1.54) is 0 Å². The average molecular weight is 245 g/mol. The Morgan fingerprint density at radius 3 is 2.47 bits per heavy atom. The summed E-state index contributed by atoms with van der Waals surface area (Å²) >= 11 is 1.60. The summed E-state index contributed by atoms with van der Waals surface area (Å²) in [6.45, 7) is 4.12. The largest absolute Gasteiger partial charge is 0.384 e. The first-order valence-electron chi connectivity index (χ1n) is 5.52. The smallest absolute Gasteiger partial charge is 0.134 e. The van der Waals surface area contributed by atoms with E-state index in [-0.39, 0.29) is 5.92 Å². The Bertz CT molecular complexity index is 497. The predicted octanol–water partition coefficient (Wildman–Crippen LogP) is 3.33. The van der Waals surface area contributed by atoms with Crippen molar-refractivity contribution >= 4 is 17.6 Å². The van der Waals surface area contributed by atoms with E-state index in [9.17, 15) is 0 Å². The van der Waals surface area contributed by atoms with Gasteiger partial charge in [-0.3, -0.25) is 0 Å². The Morgan fingerprint density at radius 1 is 1.12 bits per heavy atom. The number of benzene rings is 1. The maximum Gasteiger partial charge on any atom is 0.134 e. The van der Waals surface area contributed by atoms with Crippen molar-refractivity contribution in [2.45, 2.75) is 29.7 Å². The normalized spacial score (nSPS) is 10.8. The molecular weight excluding hydrogens is 230 g/mol. The van der Waals surface area contributed by atoms with Gasteiger partial charge in [0.1, 0.15) is 16.7 Å². The molecule has 88 valence electrons. The van der Waals surface area contributed by atoms with E-state index in [4.69, 9.17) is 5.73 Å². The van der Waals surface area contributed by atoms with E-state index in [0.29, 0.717) is 5.82 Å². The van der Waals surface area contributed by atoms with Gasteiger partial charge in [-0.1, -0.05) is 43.8 Å². The lowest BCUT2D eigenvalue weighted by Gasteiger charge is -2.07. The van der Waals surface area contributed by atoms with Crippen molar-refractivity contribution in [2.75, 3.05) is 5.73 Å². The summed E-state index contributed by atoms with van der Waals surface area (Å²) in [5.41, 5.74) is 5.79. The summed E-state index contributed by atoms with van der Waals surface area (Å²) in [7, 11) is 0. The van der Waals surface area contributed by atoms with Gasteiger partial charge in [0, 0.05) is 16.9 Å². The summed E-state index contributed by atoms with van der Waals surface area (Å²) in [5, 5.41) is 0.896. The number of nitrogen functional groups attached to an aromatic ring is 1. The molecule has 1 aromatic heterocycles. The second-order valence-electron chi connectivity index (χ2n) is 4.06. The first kappa shape index (κ1) is 11.9. The van der Waals surface area contributed by atoms with Crippen LogP contribution in [0.1, 0.15) is 25.6 Å². The minimum atomic E-state index is 0.286. The standard InChI is InChI=1S/C13H15N3S/c1-9(2)13-15-11(14)8-12(16-13)17-10-6-4-3-5-7-10/h3-9H,1-2H3,(H2,14,15,16). The molecule has 0 fully saturated rings. The highest BCUT2D eigenvalue weighted by Crippen LogP contribution is 2.27. The molecule has 0 unspecified atom stereocenters. The molecule has 0 saturated carbocycles. The average Bonchev–Trinajstić information content (AvgIpc) is 2.29. The molecule has 0 bridgehead atoms. The van der Waals surface area contributed by atoms with Gasteiger partial charge in [-0.2, -0.15) is 0 Å². The van der Waals surface area contributed by atoms with Gasteiger partial charge < -0.3 is 5.73 Å². The fourth-order valence-corrected chi connectivity index (χ4v) is 2.23. The Hall–Kier alpha value is -1.55. The number of aromatic nitrogens is 2. The Kier molecular flexibility index (Phi) is 3.64. The van der Waals surface area contributed by atoms with Crippen LogP contribution in [0.2, 0.25) is 0 Å². The summed E-state index contributed by atoms with van der Waals surface area (Å²) in [6, 6.07) is 11.9. The van der Waals surface area contributed by atoms with Crippen molar-refractivity contribution in [3.8, 4) is 0 Å². The highest BCUT2D eigenvalue weighted by Gasteiger charge is 2.07. The molecule has 0 aliphatic heterocycles. The molecule has 2 N–H and O–H groups in total. The van der Waals surface area contributed by atoms with Crippen molar-refractivity contribution in [2.24, 2.45) is 0 Å². The van der Waals surface area contributed by atoms with Gasteiger partial charge in [0.05, 0.1) is 0 Å². The quantitative estimate of drug-likeness (QED) is 0.843. The molecule has 0 aliphatic carbocycles. The third kappa shape index (κ3) is 3.20. The van der Waals surface area contributed by atoms with Crippen LogP contribution in [0.15, 0.2) is 46.3 Å². The zero-order valence-corrected chi connectivity index (χ0v) is 10.7. The molecule has 0 saturated heterocycles. The van der Waals surface area contributed by atoms with Crippen LogP contribution in [-0.2, 0) is 0 Å². The van der Waals surface area contributed by atoms with Crippen molar-refractivity contribution < 1.29 is 0 Å². The van der Waals surface area contributed by atoms with Crippen molar-refractivity contribution in [1.29, 1.82) is 0 Å². The Labute approximate surface area is 105 Å². The molecule has 0 spiro atoms. The van der Waals surface area contributed by atoms with Crippen molar-refractivity contribution in [3.63, 3.8) is 0 Å². The molecule has 1 heterocycles. The third-order valence-corrected chi connectivity index (χ3v) is 3.15. The van der Waals surface area contributed by atoms with Crippen molar-refractivity contribution in [1.82, 2.24) is 9.97 Å². The molecule has 17 heavy (non-hydrogen) atoms. The highest BCUT2D eigenvalue weighted by molar-refractivity contribution is 7.99. The van der Waals surface area contributed by atoms with E-state index >= 15 is 0 Å². The van der Waals surface area contributed by atoms with E-state index in [0.717, 1.165) is 15.7 Å². The van der Waals surface area contributed by atoms with Crippen LogP contribution in [0, 0.1) is 0 Å². The molecule has 3 nitrogen and oxygen atoms in total. The van der Waals surface area contributed by atoms with E-state index in [2.05, 4.69) is 35.9 Å². The van der Waals surface area contributed by atoms with Crippen LogP contribution in [-0.4, -0.2) is 9.97 Å². The SMILES string of the molecule is CC(C)c1nc(N)cc(Sc2ccccc2)n1. The molecular formula is C13H15N3S. The molecule has 0 atom stereocenters. The fourth-order valence-electron chi connectivity index (χ4n) is 1.38. The zero-order valence-electron chi connectivity index (χ0n) is 9.92. The lowest BCUT2D eigenvalue weighted by atomic mass is 10.2. The van der Waals surface area contributed by atoms with Gasteiger partial charge >= 0.3 is 0 Å². The third-order valence-electron chi connectivity index (χ3n) is 2.22. The van der Waals surface area contributed by atoms with Gasteiger partial charge in [0.15, 0.2) is 0 Å². The minimum absolute atomic E-state index is 0.286. The van der Waals surface area contributed by atoms with Crippen LogP contribution in [0.25, 0.3) is 0 Å². The number of hydrogen-bond donors (Lipinski definition) is 1. The van der Waals surface area contributed by atoms with Crippen LogP contribution >= 0.6 is 11.8 Å². The van der Waals surface area contributed by atoms with Gasteiger partial charge in [-0.15, -0.1) is 0 Å². The van der Waals surface area contributed by atoms with Crippen molar-refractivity contribution in [3.05, 3.63) is 42.2 Å². The summed E-state index contributed by atoms with van der Waals surface area (Å²) < 4.78 is 0. The summed E-state index contributed by atoms with van der Waals surface area (Å²) in [4.78, 5) is 9.88. The highest BCUT2D eigenvalue weighted by atomic mass is 32.2. The lowest BCUT2D eigenvalue weighted by molar-refractivity contribution is 0.756. The number of anilines is 1. The number of rotatable bonds is 3. The Morgan fingerprint density at radius 2 is 1.82 bits per heavy atom. The minimum Gasteiger partial charge on any atom is -0.384 e. The van der Waals surface area contributed by atoms with Gasteiger partial charge in [0.25, 0.3) is 0 Å². The molecule has 4 heteroatoms. The second kappa shape index (κ2) is 5.19. The number of nitrogens with zero attached hydrogens (tertiary/aromatic N) is 2. The number of nitrogens with two attached hydrogens (primary N) is 1. The van der Waals surface area contributed by atoms with Crippen LogP contribution in [0.4, 0.5) is 5.82 Å². The van der Waals surface area contributed by atoms with Crippen LogP contribution in [0.3, 0.4) is 0 Å². The van der Waals surface area contributed by atoms with Gasteiger partial charge in [0.2, 0.25) is 0 Å². The van der Waals surface area contributed by atoms with Crippen LogP contribution < -0.4 is 5.73 Å². The fraction of sp³-hybridized carbons (Fsp3) is 0.231. The molecule has 0 radical (unpaired) electrons. The summed E-state index contributed by atoms with van der Waals surface area (Å²) in [5.74, 6) is 1.61. The molecule has 2 aromatic rings. The Balaban J connectivity index is 2.27.